The Morgan fingerprint density at radius 3 is 2.31 bits per heavy atom. The van der Waals surface area contributed by atoms with Gasteiger partial charge in [0.2, 0.25) is 0 Å². The maximum Gasteiger partial charge on any atom is 0.410 e. The Hall–Kier alpha value is -2.41. The van der Waals surface area contributed by atoms with Crippen LogP contribution in [0, 0.1) is 5.41 Å². The number of carbonyl (C=O) groups is 3. The number of carboxylic acids is 1. The second-order valence-corrected chi connectivity index (χ2v) is 7.16. The first kappa shape index (κ1) is 18.4. The predicted molar refractivity (Wildman–Crippen MR) is 91.3 cm³/mol. The first-order chi connectivity index (χ1) is 12.4. The lowest BCUT2D eigenvalue weighted by Crippen LogP contribution is -2.58. The summed E-state index contributed by atoms with van der Waals surface area (Å²) in [4.78, 5) is 37.2. The molecule has 1 atom stereocenters. The molecule has 0 bridgehead atoms. The van der Waals surface area contributed by atoms with Crippen LogP contribution in [0.3, 0.4) is 0 Å². The molecule has 7 nitrogen and oxygen atoms in total. The van der Waals surface area contributed by atoms with Gasteiger partial charge in [-0.1, -0.05) is 30.3 Å². The molecule has 1 unspecified atom stereocenters. The Balaban J connectivity index is 1.60. The van der Waals surface area contributed by atoms with E-state index in [0.29, 0.717) is 0 Å². The van der Waals surface area contributed by atoms with Crippen LogP contribution < -0.4 is 0 Å². The van der Waals surface area contributed by atoms with Crippen LogP contribution in [0.15, 0.2) is 30.3 Å². The quantitative estimate of drug-likeness (QED) is 0.850. The molecule has 1 aromatic rings. The van der Waals surface area contributed by atoms with E-state index in [1.165, 1.54) is 4.90 Å². The molecular formula is C19H23NO6. The fraction of sp³-hybridized carbons (Fsp3) is 0.526. The summed E-state index contributed by atoms with van der Waals surface area (Å²) in [5, 5.41) is 20.7. The fourth-order valence-electron chi connectivity index (χ4n) is 3.99. The van der Waals surface area contributed by atoms with Gasteiger partial charge in [-0.3, -0.25) is 9.59 Å². The smallest absolute Gasteiger partial charge is 0.410 e. The highest BCUT2D eigenvalue weighted by Crippen LogP contribution is 2.49. The first-order valence-electron chi connectivity index (χ1n) is 8.79. The number of hydrogen-bond acceptors (Lipinski definition) is 5. The van der Waals surface area contributed by atoms with E-state index in [2.05, 4.69) is 0 Å². The fourth-order valence-corrected chi connectivity index (χ4v) is 3.99. The van der Waals surface area contributed by atoms with Gasteiger partial charge in [0, 0.05) is 25.9 Å². The van der Waals surface area contributed by atoms with Crippen molar-refractivity contribution in [1.29, 1.82) is 0 Å². The maximum atomic E-state index is 12.2. The van der Waals surface area contributed by atoms with Crippen LogP contribution in [0.5, 0.6) is 0 Å². The van der Waals surface area contributed by atoms with Gasteiger partial charge < -0.3 is 19.8 Å². The summed E-state index contributed by atoms with van der Waals surface area (Å²) in [7, 11) is 0. The molecular weight excluding hydrogens is 338 g/mol. The van der Waals surface area contributed by atoms with E-state index in [1.807, 2.05) is 30.3 Å². The van der Waals surface area contributed by atoms with Crippen molar-refractivity contribution in [3.05, 3.63) is 35.9 Å². The number of amides is 1. The second kappa shape index (κ2) is 7.07. The number of benzene rings is 1. The van der Waals surface area contributed by atoms with E-state index >= 15 is 0 Å². The minimum atomic E-state index is -1.48. The zero-order valence-electron chi connectivity index (χ0n) is 14.5. The summed E-state index contributed by atoms with van der Waals surface area (Å²) in [6, 6.07) is 9.31. The normalized spacial score (nSPS) is 25.1. The van der Waals surface area contributed by atoms with E-state index in [0.717, 1.165) is 5.56 Å². The third kappa shape index (κ3) is 3.31. The lowest BCUT2D eigenvalue weighted by atomic mass is 9.66. The summed E-state index contributed by atoms with van der Waals surface area (Å²) >= 11 is 0. The molecule has 1 aliphatic carbocycles. The largest absolute Gasteiger partial charge is 0.481 e. The van der Waals surface area contributed by atoms with Crippen LogP contribution in [-0.4, -0.2) is 51.6 Å². The highest BCUT2D eigenvalue weighted by atomic mass is 16.6. The van der Waals surface area contributed by atoms with Gasteiger partial charge in [-0.2, -0.15) is 0 Å². The number of piperidine rings is 1. The zero-order chi connectivity index (χ0) is 18.8. The minimum Gasteiger partial charge on any atom is -0.481 e. The predicted octanol–water partition coefficient (Wildman–Crippen LogP) is 1.97. The third-order valence-electron chi connectivity index (χ3n) is 5.68. The lowest BCUT2D eigenvalue weighted by Gasteiger charge is -2.46. The highest BCUT2D eigenvalue weighted by Gasteiger charge is 2.60. The Bertz CT molecular complexity index is 695. The number of rotatable bonds is 4. The zero-order valence-corrected chi connectivity index (χ0v) is 14.5. The van der Waals surface area contributed by atoms with Gasteiger partial charge >= 0.3 is 12.1 Å². The summed E-state index contributed by atoms with van der Waals surface area (Å²) in [6.07, 6.45) is -0.0620. The molecule has 1 saturated carbocycles. The standard InChI is InChI=1S/C19H23NO6/c21-15-6-7-18(12-15,16(22)23)19(25)8-10-20(11-9-19)17(24)26-13-14-4-2-1-3-5-14/h1-5,25H,6-13H2,(H,22,23). The lowest BCUT2D eigenvalue weighted by molar-refractivity contribution is -0.176. The molecule has 2 fully saturated rings. The number of carboxylic acid groups (broad SMARTS) is 1. The molecule has 0 spiro atoms. The van der Waals surface area contributed by atoms with Crippen LogP contribution in [0.1, 0.15) is 37.7 Å². The second-order valence-electron chi connectivity index (χ2n) is 7.16. The molecule has 26 heavy (non-hydrogen) atoms. The van der Waals surface area contributed by atoms with Crippen molar-refractivity contribution < 1.29 is 29.3 Å². The molecule has 1 heterocycles. The number of hydrogen-bond donors (Lipinski definition) is 2. The topological polar surface area (TPSA) is 104 Å². The van der Waals surface area contributed by atoms with Crippen LogP contribution in [0.4, 0.5) is 4.79 Å². The van der Waals surface area contributed by atoms with E-state index in [9.17, 15) is 24.6 Å². The van der Waals surface area contributed by atoms with Gasteiger partial charge in [0.15, 0.2) is 0 Å². The monoisotopic (exact) mass is 361 g/mol. The van der Waals surface area contributed by atoms with E-state index in [-0.39, 0.29) is 57.6 Å². The number of aliphatic carboxylic acids is 1. The van der Waals surface area contributed by atoms with Crippen molar-refractivity contribution in [3.63, 3.8) is 0 Å². The summed E-state index contributed by atoms with van der Waals surface area (Å²) in [5.41, 5.74) is -2.05. The molecule has 1 aliphatic heterocycles. The van der Waals surface area contributed by atoms with Crippen molar-refractivity contribution in [2.24, 2.45) is 5.41 Å². The van der Waals surface area contributed by atoms with Gasteiger partial charge in [-0.05, 0) is 24.8 Å². The average molecular weight is 361 g/mol. The minimum absolute atomic E-state index is 0.118. The van der Waals surface area contributed by atoms with E-state index in [1.54, 1.807) is 0 Å². The van der Waals surface area contributed by atoms with E-state index in [4.69, 9.17) is 4.74 Å². The number of ether oxygens (including phenoxy) is 1. The van der Waals surface area contributed by atoms with Crippen LogP contribution >= 0.6 is 0 Å². The van der Waals surface area contributed by atoms with Gasteiger partial charge in [0.05, 0.1) is 5.60 Å². The van der Waals surface area contributed by atoms with Crippen molar-refractivity contribution >= 4 is 17.8 Å². The Morgan fingerprint density at radius 1 is 1.12 bits per heavy atom. The molecule has 0 radical (unpaired) electrons. The molecule has 2 aliphatic rings. The van der Waals surface area contributed by atoms with Gasteiger partial charge in [-0.25, -0.2) is 4.79 Å². The van der Waals surface area contributed by atoms with Crippen molar-refractivity contribution in [3.8, 4) is 0 Å². The van der Waals surface area contributed by atoms with Crippen molar-refractivity contribution in [1.82, 2.24) is 4.90 Å². The third-order valence-corrected chi connectivity index (χ3v) is 5.68. The van der Waals surface area contributed by atoms with Gasteiger partial charge in [-0.15, -0.1) is 0 Å². The number of aliphatic hydroxyl groups is 1. The Kier molecular flexibility index (Phi) is 5.00. The highest BCUT2D eigenvalue weighted by molar-refractivity contribution is 5.91. The molecule has 3 rings (SSSR count). The molecule has 1 saturated heterocycles. The maximum absolute atomic E-state index is 12.2. The van der Waals surface area contributed by atoms with Gasteiger partial charge in [0.1, 0.15) is 17.8 Å². The number of ketones is 1. The molecule has 140 valence electrons. The SMILES string of the molecule is O=C1CCC(C(=O)O)(C2(O)CCN(C(=O)OCc3ccccc3)CC2)C1. The molecule has 0 aromatic heterocycles. The van der Waals surface area contributed by atoms with E-state index < -0.39 is 23.1 Å². The molecule has 1 aromatic carbocycles. The summed E-state index contributed by atoms with van der Waals surface area (Å²) in [6.45, 7) is 0.564. The molecule has 2 N–H and O–H groups in total. The van der Waals surface area contributed by atoms with Crippen LogP contribution in [0.2, 0.25) is 0 Å². The number of likely N-dealkylation sites (tertiary alicyclic amines) is 1. The van der Waals surface area contributed by atoms with Gasteiger partial charge in [0.25, 0.3) is 0 Å². The Morgan fingerprint density at radius 2 is 1.77 bits per heavy atom. The van der Waals surface area contributed by atoms with Crippen molar-refractivity contribution in [2.75, 3.05) is 13.1 Å². The number of nitrogens with zero attached hydrogens (tertiary/aromatic N) is 1. The average Bonchev–Trinajstić information content (AvgIpc) is 3.05. The summed E-state index contributed by atoms with van der Waals surface area (Å²) < 4.78 is 5.29. The molecule has 1 amide bonds. The number of carbonyl (C=O) groups excluding carboxylic acids is 2. The first-order valence-corrected chi connectivity index (χ1v) is 8.79. The molecule has 7 heteroatoms. The Labute approximate surface area is 151 Å². The van der Waals surface area contributed by atoms with Crippen molar-refractivity contribution in [2.45, 2.75) is 44.3 Å². The van der Waals surface area contributed by atoms with Crippen LogP contribution in [0.25, 0.3) is 0 Å². The summed E-state index contributed by atoms with van der Waals surface area (Å²) in [5.74, 6) is -1.27. The number of Topliss-reactive ketones (excluding diaryl/α,β-unsaturated/α-hetero) is 1. The van der Waals surface area contributed by atoms with Crippen LogP contribution in [-0.2, 0) is 20.9 Å².